The molecule has 0 amide bonds. The van der Waals surface area contributed by atoms with E-state index in [2.05, 4.69) is 141 Å². The van der Waals surface area contributed by atoms with Gasteiger partial charge in [-0.3, -0.25) is 18.6 Å². The van der Waals surface area contributed by atoms with Crippen LogP contribution in [0, 0.1) is 0 Å². The lowest BCUT2D eigenvalue weighted by molar-refractivity contribution is -0.870. The summed E-state index contributed by atoms with van der Waals surface area (Å²) in [5.41, 5.74) is 0. The third-order valence-electron chi connectivity index (χ3n) is 12.2. The first kappa shape index (κ1) is 72.2. The molecule has 1 N–H and O–H groups in total. The maximum atomic E-state index is 12.8. The van der Waals surface area contributed by atoms with Gasteiger partial charge in [0, 0.05) is 12.8 Å². The van der Waals surface area contributed by atoms with E-state index in [4.69, 9.17) is 18.5 Å². The molecule has 2 atom stereocenters. The lowest BCUT2D eigenvalue weighted by atomic mass is 10.0. The average molecular weight is 1080 g/mol. The summed E-state index contributed by atoms with van der Waals surface area (Å²) in [4.78, 5) is 35.7. The number of hydrogen-bond donors (Lipinski definition) is 1. The molecule has 0 saturated heterocycles. The second-order valence-electron chi connectivity index (χ2n) is 20.6. The number of allylic oxidation sites excluding steroid dienone is 22. The third-order valence-corrected chi connectivity index (χ3v) is 13.2. The summed E-state index contributed by atoms with van der Waals surface area (Å²) < 4.78 is 34.5. The Morgan fingerprint density at radius 2 is 0.724 bits per heavy atom. The van der Waals surface area contributed by atoms with E-state index < -0.39 is 26.5 Å². The maximum Gasteiger partial charge on any atom is 0.472 e. The molecule has 0 saturated carbocycles. The van der Waals surface area contributed by atoms with Gasteiger partial charge in [0.05, 0.1) is 27.7 Å². The van der Waals surface area contributed by atoms with Gasteiger partial charge in [-0.25, -0.2) is 4.57 Å². The molecule has 9 nitrogen and oxygen atoms in total. The molecular weight excluding hydrogens is 966 g/mol. The number of hydrogen-bond acceptors (Lipinski definition) is 7. The fraction of sp³-hybridized carbons (Fsp3) is 0.636. The van der Waals surface area contributed by atoms with Gasteiger partial charge in [0.15, 0.2) is 6.10 Å². The molecule has 0 rings (SSSR count). The Labute approximate surface area is 466 Å². The van der Waals surface area contributed by atoms with Crippen LogP contribution in [0.3, 0.4) is 0 Å². The Bertz CT molecular complexity index is 1740. The Morgan fingerprint density at radius 3 is 1.09 bits per heavy atom. The van der Waals surface area contributed by atoms with Gasteiger partial charge in [-0.2, -0.15) is 0 Å². The van der Waals surface area contributed by atoms with E-state index in [1.807, 2.05) is 27.2 Å². The summed E-state index contributed by atoms with van der Waals surface area (Å²) in [6, 6.07) is 0. The second-order valence-corrected chi connectivity index (χ2v) is 22.1. The van der Waals surface area contributed by atoms with Gasteiger partial charge < -0.3 is 18.9 Å². The normalized spacial score (nSPS) is 14.2. The molecule has 432 valence electrons. The zero-order valence-electron chi connectivity index (χ0n) is 48.9. The first-order chi connectivity index (χ1) is 37.0. The van der Waals surface area contributed by atoms with Crippen LogP contribution in [0.2, 0.25) is 0 Å². The topological polar surface area (TPSA) is 108 Å². The molecule has 0 bridgehead atoms. The maximum absolute atomic E-state index is 12.8. The minimum Gasteiger partial charge on any atom is -0.462 e. The van der Waals surface area contributed by atoms with Crippen LogP contribution in [0.15, 0.2) is 134 Å². The quantitative estimate of drug-likeness (QED) is 0.0211. The van der Waals surface area contributed by atoms with Crippen molar-refractivity contribution in [3.63, 3.8) is 0 Å². The van der Waals surface area contributed by atoms with E-state index in [1.165, 1.54) is 89.9 Å². The number of quaternary nitrogens is 1. The highest BCUT2D eigenvalue weighted by Crippen LogP contribution is 2.43. The SMILES string of the molecule is CC/C=C\C/C=C\C/C=C\C/C=C\C/C=C\C/C=C\C/C=C\CCCC(=O)OC(COC(=O)CCCCCCCCCCCCCCCCCC/C=C\C/C=C\C/C=C\C/C=C\CC)COP(=O)(O)OCC[N+](C)(C)C. The van der Waals surface area contributed by atoms with Gasteiger partial charge >= 0.3 is 19.8 Å². The standard InChI is InChI=1S/C66H110NO8P/c1-6-8-10-12-14-16-18-20-22-24-26-28-30-31-32-33-34-35-37-38-40-42-44-46-48-50-52-54-56-58-65(68)72-62-64(63-74-76(70,71)73-61-60-67(3,4)5)75-66(69)59-57-55-53-51-49-47-45-43-41-39-36-29-27-25-23-21-19-17-15-13-11-9-7-2/h8-11,14-17,20-23,26-29,39,41,45,47,51,53,64H,6-7,12-13,18-19,24-25,30-38,40,42-44,46,48-50,52,54-63H2,1-5H3/p+1/b10-8-,11-9-,16-14-,17-15-,22-20-,23-21-,28-26-,29-27-,41-39-,47-45-,53-51-. The van der Waals surface area contributed by atoms with E-state index in [9.17, 15) is 19.0 Å². The molecule has 0 fully saturated rings. The summed E-state index contributed by atoms with van der Waals surface area (Å²) in [5, 5.41) is 0. The Morgan fingerprint density at radius 1 is 0.408 bits per heavy atom. The van der Waals surface area contributed by atoms with Crippen molar-refractivity contribution in [3.05, 3.63) is 134 Å². The Hall–Kier alpha value is -3.85. The van der Waals surface area contributed by atoms with Crippen LogP contribution in [0.25, 0.3) is 0 Å². The molecule has 0 aromatic rings. The van der Waals surface area contributed by atoms with Crippen molar-refractivity contribution in [2.24, 2.45) is 0 Å². The van der Waals surface area contributed by atoms with Crippen molar-refractivity contribution in [1.29, 1.82) is 0 Å². The van der Waals surface area contributed by atoms with Crippen molar-refractivity contribution in [2.75, 3.05) is 47.5 Å². The molecular formula is C66H111NO8P+. The van der Waals surface area contributed by atoms with Crippen molar-refractivity contribution >= 4 is 19.8 Å². The molecule has 0 radical (unpaired) electrons. The van der Waals surface area contributed by atoms with Crippen molar-refractivity contribution < 1.29 is 42.1 Å². The first-order valence-electron chi connectivity index (χ1n) is 29.9. The summed E-state index contributed by atoms with van der Waals surface area (Å²) in [6.45, 7) is 4.13. The zero-order chi connectivity index (χ0) is 55.6. The number of nitrogens with zero attached hydrogens (tertiary/aromatic N) is 1. The van der Waals surface area contributed by atoms with Gasteiger partial charge in [0.1, 0.15) is 19.8 Å². The smallest absolute Gasteiger partial charge is 0.462 e. The molecule has 0 spiro atoms. The van der Waals surface area contributed by atoms with Crippen LogP contribution >= 0.6 is 7.82 Å². The van der Waals surface area contributed by atoms with E-state index >= 15 is 0 Å². The molecule has 0 heterocycles. The van der Waals surface area contributed by atoms with E-state index in [-0.39, 0.29) is 32.0 Å². The van der Waals surface area contributed by atoms with Crippen molar-refractivity contribution in [3.8, 4) is 0 Å². The largest absolute Gasteiger partial charge is 0.472 e. The lowest BCUT2D eigenvalue weighted by Crippen LogP contribution is -2.37. The van der Waals surface area contributed by atoms with Crippen LogP contribution in [-0.4, -0.2) is 74.9 Å². The molecule has 10 heteroatoms. The molecule has 0 aliphatic rings. The number of likely N-dealkylation sites (N-methyl/N-ethyl adjacent to an activating group) is 1. The number of esters is 2. The number of phosphoric acid groups is 1. The number of rotatable bonds is 53. The van der Waals surface area contributed by atoms with Gasteiger partial charge in [0.25, 0.3) is 0 Å². The molecule has 0 aromatic carbocycles. The third kappa shape index (κ3) is 59.4. The monoisotopic (exact) mass is 1080 g/mol. The highest BCUT2D eigenvalue weighted by atomic mass is 31.2. The van der Waals surface area contributed by atoms with E-state index in [0.29, 0.717) is 23.9 Å². The summed E-state index contributed by atoms with van der Waals surface area (Å²) in [5.74, 6) is -0.873. The lowest BCUT2D eigenvalue weighted by Gasteiger charge is -2.24. The van der Waals surface area contributed by atoms with Gasteiger partial charge in [-0.1, -0.05) is 237 Å². The van der Waals surface area contributed by atoms with Crippen LogP contribution in [0.1, 0.15) is 219 Å². The van der Waals surface area contributed by atoms with Crippen molar-refractivity contribution in [2.45, 2.75) is 225 Å². The fourth-order valence-corrected chi connectivity index (χ4v) is 8.38. The number of ether oxygens (including phenoxy) is 2. The second kappa shape index (κ2) is 55.9. The molecule has 0 aliphatic carbocycles. The highest BCUT2D eigenvalue weighted by molar-refractivity contribution is 7.47. The number of carbonyl (C=O) groups is 2. The Kier molecular flexibility index (Phi) is 53.1. The Balaban J connectivity index is 4.23. The van der Waals surface area contributed by atoms with Crippen LogP contribution in [0.4, 0.5) is 0 Å². The van der Waals surface area contributed by atoms with Crippen LogP contribution < -0.4 is 0 Å². The highest BCUT2D eigenvalue weighted by Gasteiger charge is 2.27. The predicted molar refractivity (Wildman–Crippen MR) is 325 cm³/mol. The number of carbonyl (C=O) groups excluding carboxylic acids is 2. The average Bonchev–Trinajstić information content (AvgIpc) is 3.38. The van der Waals surface area contributed by atoms with Crippen molar-refractivity contribution in [1.82, 2.24) is 0 Å². The van der Waals surface area contributed by atoms with E-state index in [0.717, 1.165) is 89.9 Å². The number of unbranched alkanes of at least 4 members (excludes halogenated alkanes) is 17. The summed E-state index contributed by atoms with van der Waals surface area (Å²) in [6.07, 6.45) is 81.1. The fourth-order valence-electron chi connectivity index (χ4n) is 7.64. The van der Waals surface area contributed by atoms with Gasteiger partial charge in [-0.05, 0) is 103 Å². The van der Waals surface area contributed by atoms with Gasteiger partial charge in [0.2, 0.25) is 0 Å². The molecule has 0 aromatic heterocycles. The zero-order valence-corrected chi connectivity index (χ0v) is 49.8. The molecule has 2 unspecified atom stereocenters. The summed E-state index contributed by atoms with van der Waals surface area (Å²) in [7, 11) is 1.42. The molecule has 76 heavy (non-hydrogen) atoms. The van der Waals surface area contributed by atoms with Crippen LogP contribution in [-0.2, 0) is 32.7 Å². The van der Waals surface area contributed by atoms with Crippen LogP contribution in [0.5, 0.6) is 0 Å². The summed E-state index contributed by atoms with van der Waals surface area (Å²) >= 11 is 0. The first-order valence-corrected chi connectivity index (χ1v) is 31.4. The minimum atomic E-state index is -4.41. The predicted octanol–water partition coefficient (Wildman–Crippen LogP) is 18.9. The van der Waals surface area contributed by atoms with E-state index in [1.54, 1.807) is 0 Å². The minimum absolute atomic E-state index is 0.0141. The van der Waals surface area contributed by atoms with Gasteiger partial charge in [-0.15, -0.1) is 0 Å². The number of phosphoric ester groups is 1. The molecule has 0 aliphatic heterocycles.